The number of esters is 2. The second-order valence-corrected chi connectivity index (χ2v) is 17.0. The lowest BCUT2D eigenvalue weighted by atomic mass is 10.0. The zero-order chi connectivity index (χ0) is 40.7. The number of carbonyl (C=O) groups is 3. The molecule has 0 rings (SSSR count). The number of carboxylic acid groups (broad SMARTS) is 1. The van der Waals surface area contributed by atoms with E-state index in [-0.39, 0.29) is 36.2 Å². The van der Waals surface area contributed by atoms with Gasteiger partial charge in [0.05, 0.1) is 34.4 Å². The van der Waals surface area contributed by atoms with Crippen LogP contribution in [-0.2, 0) is 28.6 Å². The van der Waals surface area contributed by atoms with Gasteiger partial charge in [-0.3, -0.25) is 9.59 Å². The van der Waals surface area contributed by atoms with Gasteiger partial charge in [0, 0.05) is 19.3 Å². The maximum absolute atomic E-state index is 12.7. The number of hydrogen-bond acceptors (Lipinski definition) is 6. The first-order valence-corrected chi connectivity index (χ1v) is 23.2. The summed E-state index contributed by atoms with van der Waals surface area (Å²) >= 11 is 0. The van der Waals surface area contributed by atoms with Gasteiger partial charge in [-0.2, -0.15) is 0 Å². The van der Waals surface area contributed by atoms with Crippen LogP contribution in [0.3, 0.4) is 0 Å². The number of allylic oxidation sites excluding steroid dienone is 2. The molecular weight excluding hydrogens is 691 g/mol. The van der Waals surface area contributed by atoms with E-state index >= 15 is 0 Å². The summed E-state index contributed by atoms with van der Waals surface area (Å²) in [7, 11) is 5.53. The van der Waals surface area contributed by atoms with Crippen LogP contribution in [0.1, 0.15) is 219 Å². The second-order valence-electron chi connectivity index (χ2n) is 17.0. The first kappa shape index (κ1) is 53.1. The van der Waals surface area contributed by atoms with E-state index in [0.29, 0.717) is 19.3 Å². The molecule has 2 unspecified atom stereocenters. The Morgan fingerprint density at radius 1 is 0.527 bits per heavy atom. The van der Waals surface area contributed by atoms with Gasteiger partial charge in [0.25, 0.3) is 0 Å². The SMILES string of the molecule is CCCCCCCCCC/C=C\CCCCCCCCCCCCCC(=O)OC(COCCC(C(=O)O)[N+](C)(C)C)COC(=O)CCCCCCCCCC. The molecule has 2 atom stereocenters. The number of carbonyl (C=O) groups excluding carboxylic acids is 2. The summed E-state index contributed by atoms with van der Waals surface area (Å²) in [6.07, 6.45) is 41.3. The highest BCUT2D eigenvalue weighted by molar-refractivity contribution is 5.72. The summed E-state index contributed by atoms with van der Waals surface area (Å²) in [5, 5.41) is 9.60. The maximum atomic E-state index is 12.7. The molecule has 0 radical (unpaired) electrons. The van der Waals surface area contributed by atoms with Gasteiger partial charge >= 0.3 is 17.9 Å². The molecule has 0 aromatic carbocycles. The van der Waals surface area contributed by atoms with Crippen LogP contribution < -0.4 is 0 Å². The molecule has 0 saturated carbocycles. The van der Waals surface area contributed by atoms with Crippen molar-refractivity contribution in [2.75, 3.05) is 41.0 Å². The molecule has 0 fully saturated rings. The van der Waals surface area contributed by atoms with Crippen LogP contribution >= 0.6 is 0 Å². The first-order chi connectivity index (χ1) is 26.6. The summed E-state index contributed by atoms with van der Waals surface area (Å²) in [4.78, 5) is 36.8. The number of unbranched alkanes of at least 4 members (excludes halogenated alkanes) is 26. The number of ether oxygens (including phenoxy) is 3. The van der Waals surface area contributed by atoms with Gasteiger partial charge in [-0.25, -0.2) is 4.79 Å². The molecule has 8 nitrogen and oxygen atoms in total. The van der Waals surface area contributed by atoms with E-state index in [1.165, 1.54) is 148 Å². The number of aliphatic carboxylic acids is 1. The third-order valence-corrected chi connectivity index (χ3v) is 10.7. The third kappa shape index (κ3) is 37.4. The fourth-order valence-corrected chi connectivity index (χ4v) is 7.03. The Hall–Kier alpha value is -1.93. The predicted octanol–water partition coefficient (Wildman–Crippen LogP) is 12.7. The van der Waals surface area contributed by atoms with Gasteiger partial charge in [0.2, 0.25) is 0 Å². The molecule has 0 aliphatic heterocycles. The Balaban J connectivity index is 4.13. The van der Waals surface area contributed by atoms with Crippen molar-refractivity contribution in [3.8, 4) is 0 Å². The average Bonchev–Trinajstić information content (AvgIpc) is 3.14. The van der Waals surface area contributed by atoms with Gasteiger partial charge in [0.15, 0.2) is 12.1 Å². The summed E-state index contributed by atoms with van der Waals surface area (Å²) in [5.41, 5.74) is 0. The first-order valence-electron chi connectivity index (χ1n) is 23.2. The quantitative estimate of drug-likeness (QED) is 0.0285. The lowest BCUT2D eigenvalue weighted by Crippen LogP contribution is -2.50. The third-order valence-electron chi connectivity index (χ3n) is 10.7. The molecule has 324 valence electrons. The molecule has 1 N–H and O–H groups in total. The number of rotatable bonds is 42. The van der Waals surface area contributed by atoms with E-state index in [4.69, 9.17) is 14.2 Å². The van der Waals surface area contributed by atoms with Crippen LogP contribution in [-0.4, -0.2) is 80.6 Å². The fourth-order valence-electron chi connectivity index (χ4n) is 7.03. The molecule has 0 saturated heterocycles. The zero-order valence-electron chi connectivity index (χ0n) is 36.9. The Morgan fingerprint density at radius 2 is 0.909 bits per heavy atom. The van der Waals surface area contributed by atoms with Crippen molar-refractivity contribution < 1.29 is 38.2 Å². The molecule has 0 spiro atoms. The lowest BCUT2D eigenvalue weighted by Gasteiger charge is -2.31. The van der Waals surface area contributed by atoms with Crippen molar-refractivity contribution in [2.24, 2.45) is 0 Å². The van der Waals surface area contributed by atoms with Crippen LogP contribution in [0, 0.1) is 0 Å². The van der Waals surface area contributed by atoms with Gasteiger partial charge in [-0.05, 0) is 38.5 Å². The van der Waals surface area contributed by atoms with E-state index in [1.807, 2.05) is 21.1 Å². The maximum Gasteiger partial charge on any atom is 0.362 e. The second kappa shape index (κ2) is 38.9. The highest BCUT2D eigenvalue weighted by Crippen LogP contribution is 2.15. The summed E-state index contributed by atoms with van der Waals surface area (Å²) in [6, 6.07) is -0.609. The minimum atomic E-state index is -0.873. The van der Waals surface area contributed by atoms with Crippen molar-refractivity contribution in [1.82, 2.24) is 0 Å². The molecule has 0 aromatic rings. The van der Waals surface area contributed by atoms with Gasteiger partial charge in [-0.1, -0.05) is 174 Å². The van der Waals surface area contributed by atoms with Gasteiger partial charge < -0.3 is 23.8 Å². The van der Waals surface area contributed by atoms with Gasteiger partial charge in [0.1, 0.15) is 6.61 Å². The Kier molecular flexibility index (Phi) is 37.6. The Bertz CT molecular complexity index is 915. The predicted molar refractivity (Wildman–Crippen MR) is 229 cm³/mol. The number of likely N-dealkylation sites (N-methyl/N-ethyl adjacent to an activating group) is 1. The van der Waals surface area contributed by atoms with Crippen LogP contribution in [0.5, 0.6) is 0 Å². The lowest BCUT2D eigenvalue weighted by molar-refractivity contribution is -0.887. The van der Waals surface area contributed by atoms with Crippen LogP contribution in [0.15, 0.2) is 12.2 Å². The van der Waals surface area contributed by atoms with E-state index in [1.54, 1.807) is 0 Å². The van der Waals surface area contributed by atoms with Crippen molar-refractivity contribution in [3.05, 3.63) is 12.2 Å². The summed E-state index contributed by atoms with van der Waals surface area (Å²) in [5.74, 6) is -1.46. The van der Waals surface area contributed by atoms with Gasteiger partial charge in [-0.15, -0.1) is 0 Å². The smallest absolute Gasteiger partial charge is 0.362 e. The number of quaternary nitrogens is 1. The monoisotopic (exact) mass is 781 g/mol. The van der Waals surface area contributed by atoms with Crippen LogP contribution in [0.25, 0.3) is 0 Å². The summed E-state index contributed by atoms with van der Waals surface area (Å²) in [6.45, 7) is 4.73. The van der Waals surface area contributed by atoms with E-state index in [2.05, 4.69) is 26.0 Å². The fraction of sp³-hybridized carbons (Fsp3) is 0.894. The van der Waals surface area contributed by atoms with Crippen molar-refractivity contribution >= 4 is 17.9 Å². The Labute approximate surface area is 339 Å². The highest BCUT2D eigenvalue weighted by Gasteiger charge is 2.31. The molecule has 0 heterocycles. The van der Waals surface area contributed by atoms with Crippen molar-refractivity contribution in [1.29, 1.82) is 0 Å². The van der Waals surface area contributed by atoms with Crippen molar-refractivity contribution in [2.45, 2.75) is 231 Å². The average molecular weight is 781 g/mol. The summed E-state index contributed by atoms with van der Waals surface area (Å²) < 4.78 is 17.2. The molecule has 8 heteroatoms. The zero-order valence-corrected chi connectivity index (χ0v) is 36.9. The van der Waals surface area contributed by atoms with Crippen LogP contribution in [0.2, 0.25) is 0 Å². The minimum Gasteiger partial charge on any atom is -0.477 e. The molecule has 0 amide bonds. The minimum absolute atomic E-state index is 0.0459. The largest absolute Gasteiger partial charge is 0.477 e. The molecule has 0 aliphatic rings. The van der Waals surface area contributed by atoms with E-state index < -0.39 is 18.1 Å². The highest BCUT2D eigenvalue weighted by atomic mass is 16.6. The molecule has 55 heavy (non-hydrogen) atoms. The van der Waals surface area contributed by atoms with E-state index in [0.717, 1.165) is 38.5 Å². The number of hydrogen-bond donors (Lipinski definition) is 1. The topological polar surface area (TPSA) is 99.1 Å². The standard InChI is InChI=1S/C47H89NO7/c1-6-8-10-12-14-16-17-18-19-20-21-22-23-24-25-26-27-28-29-30-32-34-36-38-46(50)55-43(41-53-40-39-44(47(51)52)48(3,4)5)42-54-45(49)37-35-33-31-15-13-11-9-7-2/h20-21,43-44H,6-19,22-42H2,1-5H3/p+1/b21-20-. The number of nitrogens with zero attached hydrogens (tertiary/aromatic N) is 1. The normalized spacial score (nSPS) is 13.0. The molecule has 0 aliphatic carbocycles. The number of carboxylic acids is 1. The Morgan fingerprint density at radius 3 is 1.31 bits per heavy atom. The molecule has 0 bridgehead atoms. The van der Waals surface area contributed by atoms with E-state index in [9.17, 15) is 19.5 Å². The molecule has 0 aromatic heterocycles. The van der Waals surface area contributed by atoms with Crippen molar-refractivity contribution in [3.63, 3.8) is 0 Å². The van der Waals surface area contributed by atoms with Crippen LogP contribution in [0.4, 0.5) is 0 Å². The molecular formula is C47H90NO7+.